The van der Waals surface area contributed by atoms with Crippen molar-refractivity contribution in [2.75, 3.05) is 11.1 Å². The fourth-order valence-electron chi connectivity index (χ4n) is 6.39. The first-order valence-corrected chi connectivity index (χ1v) is 27.7. The Balaban J connectivity index is 0.000000216. The van der Waals surface area contributed by atoms with Crippen LogP contribution in [0.25, 0.3) is 21.8 Å². The molecule has 1 atom stereocenters. The number of aliphatic carboxylic acids is 1. The molecular formula is C45H34Cl3N7O16S4. The van der Waals surface area contributed by atoms with Crippen LogP contribution in [0.15, 0.2) is 135 Å². The second-order valence-electron chi connectivity index (χ2n) is 15.1. The number of nitrogens with zero attached hydrogens (tertiary/aromatic N) is 7. The average molecular weight is 1160 g/mol. The Morgan fingerprint density at radius 3 is 1.48 bits per heavy atom. The molecule has 0 radical (unpaired) electrons. The second kappa shape index (κ2) is 24.6. The number of nitriles is 1. The Hall–Kier alpha value is -7.58. The molecule has 1 aliphatic heterocycles. The van der Waals surface area contributed by atoms with Crippen LogP contribution >= 0.6 is 45.6 Å². The lowest BCUT2D eigenvalue weighted by Gasteiger charge is -2.09. The topological polar surface area (TPSA) is 350 Å². The van der Waals surface area contributed by atoms with Gasteiger partial charge in [-0.25, -0.2) is 23.2 Å². The number of nitro groups is 3. The van der Waals surface area contributed by atoms with Gasteiger partial charge < -0.3 is 13.5 Å². The number of hydrogen-bond donors (Lipinski definition) is 1. The van der Waals surface area contributed by atoms with Gasteiger partial charge in [0.15, 0.2) is 20.7 Å². The number of alkyl halides is 2. The van der Waals surface area contributed by atoms with E-state index in [1.54, 1.807) is 45.0 Å². The van der Waals surface area contributed by atoms with Crippen LogP contribution in [0, 0.1) is 62.4 Å². The molecule has 0 amide bonds. The van der Waals surface area contributed by atoms with Gasteiger partial charge in [0.1, 0.15) is 28.3 Å². The highest BCUT2D eigenvalue weighted by Crippen LogP contribution is 2.32. The third kappa shape index (κ3) is 15.3. The third-order valence-corrected chi connectivity index (χ3v) is 14.7. The predicted octanol–water partition coefficient (Wildman–Crippen LogP) is 9.51. The van der Waals surface area contributed by atoms with Crippen molar-refractivity contribution in [2.24, 2.45) is 4.99 Å². The maximum absolute atomic E-state index is 12.7. The number of carbonyl (C=O) groups is 1. The molecule has 0 saturated carbocycles. The highest BCUT2D eigenvalue weighted by molar-refractivity contribution is 8.14. The smallest absolute Gasteiger partial charge is 0.346 e. The summed E-state index contributed by atoms with van der Waals surface area (Å²) >= 11 is 10.8. The molecule has 390 valence electrons. The SMILES string of the molecule is Cc1ccc([N+](=O)[O-])c(S(=O)(=O)Cl)c1.Cc1ccc([N+](=O)[O-])c(S(=O)(=O)Oc2ccc3nc(C#N)ccc3c2)c1.Cc1ccc([N+](=O)[O-])c(S(=O)(=O)Oc2ccc3nc(C4=N[C@@H](C(=O)O)CS4)ccc3c2)c1.ClCCl. The minimum Gasteiger partial charge on any atom is -0.480 e. The van der Waals surface area contributed by atoms with E-state index in [0.29, 0.717) is 55.0 Å². The average Bonchev–Trinajstić information content (AvgIpc) is 3.85. The van der Waals surface area contributed by atoms with E-state index in [9.17, 15) is 60.4 Å². The summed E-state index contributed by atoms with van der Waals surface area (Å²) in [4.78, 5) is 52.7. The summed E-state index contributed by atoms with van der Waals surface area (Å²) < 4.78 is 82.7. The van der Waals surface area contributed by atoms with Crippen molar-refractivity contribution >= 4 is 125 Å². The molecule has 8 rings (SSSR count). The molecule has 0 bridgehead atoms. The minimum absolute atomic E-state index is 0.0141. The van der Waals surface area contributed by atoms with Crippen molar-refractivity contribution in [1.82, 2.24) is 9.97 Å². The standard InChI is InChI=1S/C20H15N3O7S2.C17H11N3O5S.C7H6ClNO4S.CH2Cl2/c1-11-2-7-17(23(26)27)18(8-11)32(28,29)30-13-4-6-14-12(9-13)3-5-15(21-14)19-22-16(10-31-19)20(24)25;1-11-2-7-16(20(21)22)17(8-11)26(23,24)25-14-5-6-15-12(9-14)3-4-13(10-18)19-15;1-5-2-3-6(9(10)11)7(4-5)14(8,12)13;2-1-3/h2-9,16H,10H2,1H3,(H,24,25);2-9H,1H3;2-4H,1H3;1H2/t16-;;;/m1.../s1. The number of carboxylic acids is 1. The Bertz CT molecular complexity index is 3850. The Morgan fingerprint density at radius 2 is 1.08 bits per heavy atom. The van der Waals surface area contributed by atoms with E-state index >= 15 is 0 Å². The van der Waals surface area contributed by atoms with Gasteiger partial charge in [0, 0.05) is 45.4 Å². The quantitative estimate of drug-likeness (QED) is 0.0391. The molecule has 1 N–H and O–H groups in total. The lowest BCUT2D eigenvalue weighted by atomic mass is 10.2. The lowest BCUT2D eigenvalue weighted by Crippen LogP contribution is -2.17. The number of benzene rings is 5. The van der Waals surface area contributed by atoms with E-state index in [-0.39, 0.29) is 22.5 Å². The predicted molar refractivity (Wildman–Crippen MR) is 277 cm³/mol. The number of nitro benzene ring substituents is 3. The zero-order valence-electron chi connectivity index (χ0n) is 38.4. The van der Waals surface area contributed by atoms with Crippen LogP contribution in [-0.2, 0) is 34.1 Å². The first kappa shape index (κ1) is 58.3. The van der Waals surface area contributed by atoms with E-state index < -0.39 is 87.8 Å². The summed E-state index contributed by atoms with van der Waals surface area (Å²) in [5.74, 6) is -0.702. The maximum Gasteiger partial charge on any atom is 0.346 e. The molecule has 0 aliphatic carbocycles. The summed E-state index contributed by atoms with van der Waals surface area (Å²) in [6, 6.07) is 27.5. The molecule has 1 aliphatic rings. The van der Waals surface area contributed by atoms with Crippen molar-refractivity contribution in [3.8, 4) is 17.6 Å². The largest absolute Gasteiger partial charge is 0.480 e. The molecule has 2 aromatic heterocycles. The maximum atomic E-state index is 12.7. The summed E-state index contributed by atoms with van der Waals surface area (Å²) in [6.07, 6.45) is 0. The summed E-state index contributed by atoms with van der Waals surface area (Å²) in [5.41, 5.74) is 1.80. The summed E-state index contributed by atoms with van der Waals surface area (Å²) in [5, 5.41) is 52.6. The molecule has 23 nitrogen and oxygen atoms in total. The van der Waals surface area contributed by atoms with Gasteiger partial charge in [-0.15, -0.1) is 35.0 Å². The van der Waals surface area contributed by atoms with Crippen LogP contribution < -0.4 is 8.37 Å². The summed E-state index contributed by atoms with van der Waals surface area (Å²) in [7, 11) is -7.89. The van der Waals surface area contributed by atoms with E-state index in [4.69, 9.17) is 52.6 Å². The van der Waals surface area contributed by atoms with Crippen molar-refractivity contribution in [3.05, 3.63) is 174 Å². The fourth-order valence-corrected chi connectivity index (χ4v) is 10.8. The van der Waals surface area contributed by atoms with Gasteiger partial charge in [-0.1, -0.05) is 24.3 Å². The first-order valence-electron chi connectivity index (χ1n) is 20.5. The van der Waals surface area contributed by atoms with Gasteiger partial charge >= 0.3 is 26.2 Å². The van der Waals surface area contributed by atoms with Crippen molar-refractivity contribution in [3.63, 3.8) is 0 Å². The number of rotatable bonds is 12. The van der Waals surface area contributed by atoms with Crippen molar-refractivity contribution < 1.29 is 58.3 Å². The van der Waals surface area contributed by atoms with Gasteiger partial charge in [-0.05, 0) is 110 Å². The van der Waals surface area contributed by atoms with E-state index in [1.807, 2.05) is 6.07 Å². The van der Waals surface area contributed by atoms with Crippen molar-refractivity contribution in [2.45, 2.75) is 41.5 Å². The number of fused-ring (bicyclic) bond motifs is 2. The minimum atomic E-state index is -4.46. The lowest BCUT2D eigenvalue weighted by molar-refractivity contribution is -0.388. The molecule has 3 heterocycles. The van der Waals surface area contributed by atoms with Crippen LogP contribution in [0.5, 0.6) is 11.5 Å². The van der Waals surface area contributed by atoms with E-state index in [1.165, 1.54) is 84.6 Å². The molecule has 0 saturated heterocycles. The number of halogens is 3. The number of carboxylic acid groups (broad SMARTS) is 1. The number of hydrogen-bond acceptors (Lipinski definition) is 20. The van der Waals surface area contributed by atoms with Crippen LogP contribution in [0.4, 0.5) is 17.1 Å². The Labute approximate surface area is 444 Å². The normalized spacial score (nSPS) is 13.0. The molecule has 0 fully saturated rings. The molecular weight excluding hydrogens is 1130 g/mol. The highest BCUT2D eigenvalue weighted by Gasteiger charge is 2.30. The molecule has 0 unspecified atom stereocenters. The summed E-state index contributed by atoms with van der Waals surface area (Å²) in [6.45, 7) is 4.86. The molecule has 0 spiro atoms. The Morgan fingerprint density at radius 1 is 0.667 bits per heavy atom. The van der Waals surface area contributed by atoms with Crippen LogP contribution in [0.2, 0.25) is 0 Å². The van der Waals surface area contributed by atoms with Gasteiger partial charge in [0.05, 0.1) is 36.8 Å². The second-order valence-corrected chi connectivity index (χ2v) is 22.5. The number of thioether (sulfide) groups is 1. The fraction of sp³-hybridized carbons (Fsp3) is 0.133. The van der Waals surface area contributed by atoms with Gasteiger partial charge in [0.2, 0.25) is 0 Å². The van der Waals surface area contributed by atoms with Gasteiger partial charge in [-0.2, -0.15) is 22.1 Å². The highest BCUT2D eigenvalue weighted by atomic mass is 35.7. The zero-order chi connectivity index (χ0) is 55.6. The van der Waals surface area contributed by atoms with Crippen LogP contribution in [0.3, 0.4) is 0 Å². The monoisotopic (exact) mass is 1160 g/mol. The molecule has 7 aromatic rings. The number of aromatic nitrogens is 2. The zero-order valence-corrected chi connectivity index (χ0v) is 44.0. The van der Waals surface area contributed by atoms with Crippen molar-refractivity contribution in [1.29, 1.82) is 5.26 Å². The number of aryl methyl sites for hydroxylation is 3. The van der Waals surface area contributed by atoms with E-state index in [2.05, 4.69) is 15.0 Å². The third-order valence-electron chi connectivity index (χ3n) is 9.74. The van der Waals surface area contributed by atoms with Gasteiger partial charge in [-0.3, -0.25) is 35.3 Å². The first-order chi connectivity index (χ1) is 35.2. The molecule has 5 aromatic carbocycles. The number of aliphatic imine (C=N–C) groups is 1. The van der Waals surface area contributed by atoms with Crippen LogP contribution in [-0.4, -0.2) is 83.2 Å². The molecule has 75 heavy (non-hydrogen) atoms. The van der Waals surface area contributed by atoms with E-state index in [0.717, 1.165) is 18.2 Å². The Kier molecular flexibility index (Phi) is 19.2. The number of pyridine rings is 2. The van der Waals surface area contributed by atoms with Gasteiger partial charge in [0.25, 0.3) is 26.1 Å². The van der Waals surface area contributed by atoms with Crippen LogP contribution in [0.1, 0.15) is 28.1 Å². The molecule has 30 heteroatoms.